The van der Waals surface area contributed by atoms with Crippen LogP contribution in [0.15, 0.2) is 73.1 Å². The highest BCUT2D eigenvalue weighted by Gasteiger charge is 2.24. The Kier molecular flexibility index (Phi) is 20.1. The van der Waals surface area contributed by atoms with Crippen LogP contribution in [0.25, 0.3) is 22.1 Å². The van der Waals surface area contributed by atoms with Gasteiger partial charge in [0.25, 0.3) is 11.8 Å². The Morgan fingerprint density at radius 3 is 1.71 bits per heavy atom. The number of ether oxygens (including phenoxy) is 4. The largest absolute Gasteiger partial charge is 0.489 e. The van der Waals surface area contributed by atoms with Crippen LogP contribution < -0.4 is 41.8 Å². The molecule has 0 fully saturated rings. The minimum Gasteiger partial charge on any atom is -0.489 e. The molecule has 0 aliphatic heterocycles. The summed E-state index contributed by atoms with van der Waals surface area (Å²) in [5.41, 5.74) is 16.1. The normalized spacial score (nSPS) is 11.6. The molecule has 0 aliphatic carbocycles. The molecule has 5 heterocycles. The van der Waals surface area contributed by atoms with Crippen LogP contribution >= 0.6 is 0 Å². The molecule has 0 unspecified atom stereocenters. The van der Waals surface area contributed by atoms with Crippen molar-refractivity contribution in [2.45, 2.75) is 73.8 Å². The summed E-state index contributed by atoms with van der Waals surface area (Å²) in [6.07, 6.45) is 10.8. The van der Waals surface area contributed by atoms with E-state index in [-0.39, 0.29) is 73.9 Å². The molecule has 8 N–H and O–H groups in total. The average molecular weight is 1090 g/mol. The molecule has 0 saturated heterocycles. The maximum absolute atomic E-state index is 14.0. The third-order valence-corrected chi connectivity index (χ3v) is 12.4. The van der Waals surface area contributed by atoms with E-state index in [2.05, 4.69) is 31.2 Å². The molecule has 0 bridgehead atoms. The maximum Gasteiger partial charge on any atom is 0.305 e. The average Bonchev–Trinajstić information content (AvgIpc) is 4.36. The number of aryl methyl sites for hydroxylation is 4. The van der Waals surface area contributed by atoms with Crippen LogP contribution in [-0.2, 0) is 47.0 Å². The first-order valence-corrected chi connectivity index (χ1v) is 25.9. The first kappa shape index (κ1) is 57.8. The summed E-state index contributed by atoms with van der Waals surface area (Å²) in [4.78, 5) is 76.1. The minimum atomic E-state index is -0.882. The van der Waals surface area contributed by atoms with Crippen molar-refractivity contribution in [1.29, 1.82) is 0 Å². The fraction of sp³-hybridized carbons (Fsp3) is 0.396. The fourth-order valence-corrected chi connectivity index (χ4v) is 8.55. The molecule has 7 aromatic rings. The predicted molar refractivity (Wildman–Crippen MR) is 295 cm³/mol. The number of primary amides is 2. The molecule has 0 atom stereocenters. The Bertz CT molecular complexity index is 3350. The molecule has 420 valence electrons. The minimum absolute atomic E-state index is 0.00312. The van der Waals surface area contributed by atoms with E-state index in [1.807, 2.05) is 57.1 Å². The predicted octanol–water partition coefficient (Wildman–Crippen LogP) is 4.16. The van der Waals surface area contributed by atoms with Gasteiger partial charge in [0, 0.05) is 63.1 Å². The summed E-state index contributed by atoms with van der Waals surface area (Å²) in [6.45, 7) is 13.9. The van der Waals surface area contributed by atoms with E-state index in [9.17, 15) is 29.1 Å². The van der Waals surface area contributed by atoms with Crippen LogP contribution in [0.3, 0.4) is 0 Å². The molecule has 26 heteroatoms. The molecular formula is C53H68N16O10. The van der Waals surface area contributed by atoms with Gasteiger partial charge in [-0.15, -0.1) is 0 Å². The summed E-state index contributed by atoms with van der Waals surface area (Å²) >= 11 is 0. The number of imidazole rings is 2. The van der Waals surface area contributed by atoms with E-state index in [0.717, 1.165) is 5.69 Å². The van der Waals surface area contributed by atoms with Crippen LogP contribution in [0.4, 0.5) is 17.6 Å². The number of anilines is 3. The van der Waals surface area contributed by atoms with Crippen molar-refractivity contribution in [3.63, 3.8) is 0 Å². The number of nitrogens with zero attached hydrogens (tertiary/aromatic N) is 11. The van der Waals surface area contributed by atoms with Crippen molar-refractivity contribution >= 4 is 69.2 Å². The second-order valence-electron chi connectivity index (χ2n) is 18.0. The number of carboxylic acids is 1. The number of fused-ring (bicyclic) bond motifs is 2. The third kappa shape index (κ3) is 14.8. The molecule has 4 amide bonds. The summed E-state index contributed by atoms with van der Waals surface area (Å²) in [5.74, 6) is -2.52. The zero-order valence-corrected chi connectivity index (χ0v) is 45.2. The highest BCUT2D eigenvalue weighted by atomic mass is 16.5. The topological polar surface area (TPSA) is 323 Å². The van der Waals surface area contributed by atoms with Crippen molar-refractivity contribution in [3.05, 3.63) is 107 Å². The number of allylic oxidation sites excluding steroid dienone is 3. The van der Waals surface area contributed by atoms with Gasteiger partial charge in [0.15, 0.2) is 0 Å². The molecule has 26 nitrogen and oxygen atoms in total. The van der Waals surface area contributed by atoms with Gasteiger partial charge in [-0.1, -0.05) is 18.2 Å². The van der Waals surface area contributed by atoms with Gasteiger partial charge in [-0.2, -0.15) is 15.3 Å². The molecule has 0 aliphatic rings. The molecule has 2 aromatic carbocycles. The number of hydrogen-bond donors (Lipinski definition) is 6. The standard InChI is InChI=1S/C53H68N16O10/c1-7-64(19-14-45(70)71)38-32-57-65(33-38)16-12-13-20-78-43-30-36(48(54)72)28-39-46(43)66(52(58-39)60-50(74)41-26-34(4)62-68(41)8-2)17-10-11-18-67-47-40(59-53(67)61-51(75)42-27-35(5)63-69(42)9-3)29-37(49(55)73)31-44(47)79-25-24-77-23-22-76-21-15-56-6/h10-13,26-33,56H,7-9,14-25H2,1-6H3,(H2,54,72)(H2,55,73)(H,70,71)(H,58,60,74)(H,59,61,75)/b11-10+,13-12+. The van der Waals surface area contributed by atoms with Gasteiger partial charge in [0.2, 0.25) is 23.7 Å². The van der Waals surface area contributed by atoms with E-state index < -0.39 is 29.6 Å². The van der Waals surface area contributed by atoms with Gasteiger partial charge in [-0.25, -0.2) is 9.97 Å². The lowest BCUT2D eigenvalue weighted by molar-refractivity contribution is -0.136. The van der Waals surface area contributed by atoms with Crippen LogP contribution in [0.5, 0.6) is 11.5 Å². The molecule has 0 spiro atoms. The number of benzene rings is 2. The van der Waals surface area contributed by atoms with Crippen molar-refractivity contribution in [1.82, 2.24) is 53.8 Å². The Morgan fingerprint density at radius 2 is 1.20 bits per heavy atom. The van der Waals surface area contributed by atoms with E-state index in [0.29, 0.717) is 104 Å². The quantitative estimate of drug-likeness (QED) is 0.0255. The van der Waals surface area contributed by atoms with Gasteiger partial charge in [-0.3, -0.25) is 48.7 Å². The highest BCUT2D eigenvalue weighted by molar-refractivity contribution is 6.05. The maximum atomic E-state index is 14.0. The summed E-state index contributed by atoms with van der Waals surface area (Å²) in [5, 5.41) is 31.4. The molecule has 5 aromatic heterocycles. The smallest absolute Gasteiger partial charge is 0.305 e. The zero-order valence-electron chi connectivity index (χ0n) is 45.2. The monoisotopic (exact) mass is 1090 g/mol. The summed E-state index contributed by atoms with van der Waals surface area (Å²) in [7, 11) is 1.84. The number of aromatic nitrogens is 10. The Hall–Kier alpha value is -8.88. The van der Waals surface area contributed by atoms with Gasteiger partial charge in [0.1, 0.15) is 47.1 Å². The van der Waals surface area contributed by atoms with E-state index in [4.69, 9.17) is 40.4 Å². The number of rotatable bonds is 32. The second-order valence-corrected chi connectivity index (χ2v) is 18.0. The molecule has 0 saturated carbocycles. The number of carbonyl (C=O) groups excluding carboxylic acids is 4. The number of aliphatic carboxylic acids is 1. The van der Waals surface area contributed by atoms with Crippen LogP contribution in [0, 0.1) is 13.8 Å². The molecule has 7 rings (SSSR count). The molecule has 0 radical (unpaired) electrons. The summed E-state index contributed by atoms with van der Waals surface area (Å²) in [6, 6.07) is 9.42. The van der Waals surface area contributed by atoms with Crippen molar-refractivity contribution in [2.75, 3.05) is 81.9 Å². The number of nitrogens with one attached hydrogen (secondary N) is 3. The van der Waals surface area contributed by atoms with Crippen LogP contribution in [0.2, 0.25) is 0 Å². The lowest BCUT2D eigenvalue weighted by atomic mass is 10.1. The van der Waals surface area contributed by atoms with Crippen molar-refractivity contribution < 1.29 is 48.0 Å². The van der Waals surface area contributed by atoms with Gasteiger partial charge < -0.3 is 54.9 Å². The van der Waals surface area contributed by atoms with Gasteiger partial charge >= 0.3 is 5.97 Å². The SMILES string of the molecule is CCN(CCC(=O)O)c1cnn(C/C=C/COc2cc(C(N)=O)cc3nc(NC(=O)c4cc(C)nn4CC)n(C/C=C/Cn4c(NC(=O)c5cc(C)nn5CC)nc5cc(C(N)=O)cc(OCCOCCOCCNC)c54)c23)c1. The van der Waals surface area contributed by atoms with E-state index in [1.54, 1.807) is 61.4 Å². The number of carboxylic acid groups (broad SMARTS) is 1. The number of hydrogen-bond acceptors (Lipinski definition) is 16. The number of likely N-dealkylation sites (N-methyl/N-ethyl adjacent to an activating group) is 1. The van der Waals surface area contributed by atoms with Crippen molar-refractivity contribution in [3.8, 4) is 11.5 Å². The fourth-order valence-electron chi connectivity index (χ4n) is 8.55. The highest BCUT2D eigenvalue weighted by Crippen LogP contribution is 2.33. The number of nitrogens with two attached hydrogens (primary N) is 2. The lowest BCUT2D eigenvalue weighted by Gasteiger charge is -2.19. The lowest BCUT2D eigenvalue weighted by Crippen LogP contribution is -2.25. The first-order valence-electron chi connectivity index (χ1n) is 25.9. The van der Waals surface area contributed by atoms with Crippen LogP contribution in [0.1, 0.15) is 80.3 Å². The summed E-state index contributed by atoms with van der Waals surface area (Å²) < 4.78 is 32.3. The number of amides is 4. The Labute approximate surface area is 455 Å². The van der Waals surface area contributed by atoms with Gasteiger partial charge in [0.05, 0.1) is 73.7 Å². The van der Waals surface area contributed by atoms with Gasteiger partial charge in [-0.05, 0) is 84.1 Å². The van der Waals surface area contributed by atoms with E-state index in [1.165, 1.54) is 24.3 Å². The first-order chi connectivity index (χ1) is 38.1. The van der Waals surface area contributed by atoms with Crippen LogP contribution in [-0.4, -0.2) is 149 Å². The molecule has 79 heavy (non-hydrogen) atoms. The van der Waals surface area contributed by atoms with Crippen molar-refractivity contribution in [2.24, 2.45) is 11.5 Å². The third-order valence-electron chi connectivity index (χ3n) is 12.4. The zero-order chi connectivity index (χ0) is 56.6. The number of carbonyl (C=O) groups is 5. The Morgan fingerprint density at radius 1 is 0.684 bits per heavy atom. The Balaban J connectivity index is 1.22. The second kappa shape index (κ2) is 27.4. The molecular weight excluding hydrogens is 1020 g/mol. The van der Waals surface area contributed by atoms with E-state index >= 15 is 0 Å².